The van der Waals surface area contributed by atoms with Crippen LogP contribution in [0.2, 0.25) is 0 Å². The quantitative estimate of drug-likeness (QED) is 0.452. The van der Waals surface area contributed by atoms with Gasteiger partial charge in [0.2, 0.25) is 21.2 Å². The molecule has 0 aliphatic rings. The standard InChI is InChI=1S/C26H24N2O5S/c1-17-7-10-21(11-8-17)34(31,32)24-15-28(23-12-9-18(2)13-22(23)26(24)30)16-25(29)27-19-5-4-6-20(14-19)33-3/h4-15H,16H2,1-3H3,(H,27,29). The van der Waals surface area contributed by atoms with Gasteiger partial charge in [-0.1, -0.05) is 35.4 Å². The lowest BCUT2D eigenvalue weighted by atomic mass is 10.1. The molecule has 0 aliphatic heterocycles. The zero-order valence-corrected chi connectivity index (χ0v) is 19.8. The van der Waals surface area contributed by atoms with E-state index in [2.05, 4.69) is 5.32 Å². The summed E-state index contributed by atoms with van der Waals surface area (Å²) in [7, 11) is -2.57. The van der Waals surface area contributed by atoms with Crippen LogP contribution in [-0.4, -0.2) is 26.0 Å². The van der Waals surface area contributed by atoms with Crippen molar-refractivity contribution in [1.29, 1.82) is 0 Å². The Morgan fingerprint density at radius 1 is 0.971 bits per heavy atom. The third-order valence-electron chi connectivity index (χ3n) is 5.49. The van der Waals surface area contributed by atoms with Crippen molar-refractivity contribution < 1.29 is 17.9 Å². The maximum atomic E-state index is 13.4. The normalized spacial score (nSPS) is 11.4. The van der Waals surface area contributed by atoms with Gasteiger partial charge in [-0.15, -0.1) is 0 Å². The maximum Gasteiger partial charge on any atom is 0.244 e. The number of rotatable bonds is 6. The van der Waals surface area contributed by atoms with E-state index in [9.17, 15) is 18.0 Å². The topological polar surface area (TPSA) is 94.5 Å². The molecule has 7 nitrogen and oxygen atoms in total. The van der Waals surface area contributed by atoms with Crippen molar-refractivity contribution in [3.8, 4) is 5.75 Å². The Bertz CT molecular complexity index is 1550. The second-order valence-electron chi connectivity index (χ2n) is 8.07. The summed E-state index contributed by atoms with van der Waals surface area (Å²) in [6.45, 7) is 3.48. The van der Waals surface area contributed by atoms with E-state index in [-0.39, 0.29) is 27.6 Å². The van der Waals surface area contributed by atoms with Crippen molar-refractivity contribution in [2.45, 2.75) is 30.2 Å². The van der Waals surface area contributed by atoms with Crippen LogP contribution in [0.1, 0.15) is 11.1 Å². The fourth-order valence-corrected chi connectivity index (χ4v) is 5.08. The van der Waals surface area contributed by atoms with E-state index in [1.807, 2.05) is 19.9 Å². The Kier molecular flexibility index (Phi) is 6.26. The molecule has 0 saturated carbocycles. The van der Waals surface area contributed by atoms with Crippen molar-refractivity contribution in [2.24, 2.45) is 0 Å². The lowest BCUT2D eigenvalue weighted by Crippen LogP contribution is -2.24. The van der Waals surface area contributed by atoms with Gasteiger partial charge in [0.1, 0.15) is 17.2 Å². The summed E-state index contributed by atoms with van der Waals surface area (Å²) in [4.78, 5) is 25.8. The van der Waals surface area contributed by atoms with E-state index in [0.29, 0.717) is 17.0 Å². The monoisotopic (exact) mass is 476 g/mol. The SMILES string of the molecule is COc1cccc(NC(=O)Cn2cc(S(=O)(=O)c3ccc(C)cc3)c(=O)c3cc(C)ccc32)c1. The number of benzene rings is 3. The molecule has 0 bridgehead atoms. The molecule has 0 aliphatic carbocycles. The average Bonchev–Trinajstić information content (AvgIpc) is 2.81. The second-order valence-corrected chi connectivity index (χ2v) is 9.99. The summed E-state index contributed by atoms with van der Waals surface area (Å²) >= 11 is 0. The predicted molar refractivity (Wildman–Crippen MR) is 131 cm³/mol. The number of pyridine rings is 1. The number of anilines is 1. The summed E-state index contributed by atoms with van der Waals surface area (Å²) in [6.07, 6.45) is 1.25. The van der Waals surface area contributed by atoms with E-state index in [4.69, 9.17) is 4.74 Å². The Morgan fingerprint density at radius 2 is 1.68 bits per heavy atom. The molecule has 1 aromatic heterocycles. The number of nitrogens with zero attached hydrogens (tertiary/aromatic N) is 1. The van der Waals surface area contributed by atoms with E-state index < -0.39 is 15.3 Å². The molecule has 174 valence electrons. The first-order valence-electron chi connectivity index (χ1n) is 10.6. The Hall–Kier alpha value is -3.91. The Labute approximate surface area is 197 Å². The van der Waals surface area contributed by atoms with Gasteiger partial charge in [0.25, 0.3) is 0 Å². The van der Waals surface area contributed by atoms with Gasteiger partial charge in [-0.25, -0.2) is 8.42 Å². The first kappa shape index (κ1) is 23.3. The number of aryl methyl sites for hydroxylation is 2. The van der Waals surface area contributed by atoms with Gasteiger partial charge in [0, 0.05) is 23.3 Å². The van der Waals surface area contributed by atoms with E-state index in [1.165, 1.54) is 30.0 Å². The van der Waals surface area contributed by atoms with Crippen molar-refractivity contribution >= 4 is 32.3 Å². The molecule has 0 saturated heterocycles. The molecule has 0 radical (unpaired) electrons. The van der Waals surface area contributed by atoms with Crippen LogP contribution in [0.25, 0.3) is 10.9 Å². The number of ether oxygens (including phenoxy) is 1. The minimum absolute atomic E-state index is 0.0228. The second kappa shape index (κ2) is 9.15. The zero-order valence-electron chi connectivity index (χ0n) is 19.0. The smallest absolute Gasteiger partial charge is 0.244 e. The molecule has 1 N–H and O–H groups in total. The minimum Gasteiger partial charge on any atom is -0.497 e. The van der Waals surface area contributed by atoms with Gasteiger partial charge in [0.05, 0.1) is 17.5 Å². The van der Waals surface area contributed by atoms with Crippen LogP contribution in [0, 0.1) is 13.8 Å². The fraction of sp³-hybridized carbons (Fsp3) is 0.154. The van der Waals surface area contributed by atoms with Crippen LogP contribution in [-0.2, 0) is 21.2 Å². The number of carbonyl (C=O) groups is 1. The zero-order chi connectivity index (χ0) is 24.5. The highest BCUT2D eigenvalue weighted by atomic mass is 32.2. The Balaban J connectivity index is 1.80. The molecule has 4 aromatic rings. The van der Waals surface area contributed by atoms with Crippen molar-refractivity contribution in [2.75, 3.05) is 12.4 Å². The molecule has 0 fully saturated rings. The molecule has 0 spiro atoms. The van der Waals surface area contributed by atoms with Crippen LogP contribution in [0.4, 0.5) is 5.69 Å². The van der Waals surface area contributed by atoms with Crippen molar-refractivity contribution in [3.63, 3.8) is 0 Å². The number of fused-ring (bicyclic) bond motifs is 1. The highest BCUT2D eigenvalue weighted by Crippen LogP contribution is 2.23. The lowest BCUT2D eigenvalue weighted by Gasteiger charge is -2.15. The minimum atomic E-state index is -4.10. The molecule has 3 aromatic carbocycles. The van der Waals surface area contributed by atoms with E-state index in [0.717, 1.165) is 11.1 Å². The first-order chi connectivity index (χ1) is 16.2. The largest absolute Gasteiger partial charge is 0.497 e. The van der Waals surface area contributed by atoms with Crippen molar-refractivity contribution in [3.05, 3.63) is 94.3 Å². The molecule has 1 heterocycles. The molecular formula is C26H24N2O5S. The average molecular weight is 477 g/mol. The lowest BCUT2D eigenvalue weighted by molar-refractivity contribution is -0.116. The summed E-state index contributed by atoms with van der Waals surface area (Å²) < 4.78 is 33.4. The number of methoxy groups -OCH3 is 1. The number of hydrogen-bond donors (Lipinski definition) is 1. The number of sulfone groups is 1. The fourth-order valence-electron chi connectivity index (χ4n) is 3.71. The van der Waals surface area contributed by atoms with Gasteiger partial charge in [0.15, 0.2) is 0 Å². The van der Waals surface area contributed by atoms with Gasteiger partial charge in [-0.05, 0) is 50.2 Å². The molecule has 0 unspecified atom stereocenters. The highest BCUT2D eigenvalue weighted by molar-refractivity contribution is 7.91. The highest BCUT2D eigenvalue weighted by Gasteiger charge is 2.24. The van der Waals surface area contributed by atoms with E-state index >= 15 is 0 Å². The van der Waals surface area contributed by atoms with Crippen LogP contribution in [0.3, 0.4) is 0 Å². The summed E-state index contributed by atoms with van der Waals surface area (Å²) in [5, 5.41) is 3.02. The van der Waals surface area contributed by atoms with Gasteiger partial charge in [-0.3, -0.25) is 9.59 Å². The third kappa shape index (κ3) is 4.58. The predicted octanol–water partition coefficient (Wildman–Crippen LogP) is 4.10. The number of hydrogen-bond acceptors (Lipinski definition) is 5. The molecule has 1 amide bonds. The van der Waals surface area contributed by atoms with Gasteiger partial charge < -0.3 is 14.6 Å². The molecule has 4 rings (SSSR count). The van der Waals surface area contributed by atoms with Gasteiger partial charge in [-0.2, -0.15) is 0 Å². The van der Waals surface area contributed by atoms with Crippen molar-refractivity contribution in [1.82, 2.24) is 4.57 Å². The third-order valence-corrected chi connectivity index (χ3v) is 7.25. The van der Waals surface area contributed by atoms with Crippen LogP contribution < -0.4 is 15.5 Å². The van der Waals surface area contributed by atoms with Crippen LogP contribution in [0.5, 0.6) is 5.75 Å². The van der Waals surface area contributed by atoms with Crippen LogP contribution >= 0.6 is 0 Å². The van der Waals surface area contributed by atoms with Crippen LogP contribution in [0.15, 0.2) is 87.5 Å². The summed E-state index contributed by atoms with van der Waals surface area (Å²) in [5.41, 5.74) is 2.13. The maximum absolute atomic E-state index is 13.4. The number of amides is 1. The number of carbonyl (C=O) groups excluding carboxylic acids is 1. The summed E-state index contributed by atoms with van der Waals surface area (Å²) in [5.74, 6) is 0.214. The molecule has 34 heavy (non-hydrogen) atoms. The molecule has 0 atom stereocenters. The first-order valence-corrected chi connectivity index (χ1v) is 12.1. The summed E-state index contributed by atoms with van der Waals surface area (Å²) in [6, 6.07) is 18.4. The number of nitrogens with one attached hydrogen (secondary N) is 1. The molecular weight excluding hydrogens is 452 g/mol. The van der Waals surface area contributed by atoms with E-state index in [1.54, 1.807) is 48.5 Å². The number of aromatic nitrogens is 1. The Morgan fingerprint density at radius 3 is 2.38 bits per heavy atom. The molecule has 8 heteroatoms. The van der Waals surface area contributed by atoms with Gasteiger partial charge >= 0.3 is 0 Å².